The third-order valence-electron chi connectivity index (χ3n) is 6.71. The third kappa shape index (κ3) is 3.66. The second-order valence-electron chi connectivity index (χ2n) is 8.78. The zero-order valence-corrected chi connectivity index (χ0v) is 18.8. The molecular weight excluding hydrogens is 448 g/mol. The number of nitrogens with one attached hydrogen (secondary N) is 2. The number of aromatic amines is 1. The number of para-hydroxylation sites is 1. The number of fused-ring (bicyclic) bond motifs is 1. The van der Waals surface area contributed by atoms with E-state index in [0.29, 0.717) is 33.8 Å². The molecule has 1 aliphatic rings. The molecule has 5 aromatic rings. The van der Waals surface area contributed by atoms with Crippen LogP contribution in [0, 0.1) is 11.6 Å². The monoisotopic (exact) mass is 471 g/mol. The molecule has 176 valence electrons. The van der Waals surface area contributed by atoms with Gasteiger partial charge in [0, 0.05) is 45.4 Å². The van der Waals surface area contributed by atoms with Crippen molar-refractivity contribution in [2.75, 3.05) is 18.8 Å². The molecule has 0 aliphatic carbocycles. The largest absolute Gasteiger partial charge is 0.455 e. The molecule has 6 rings (SSSR count). The van der Waals surface area contributed by atoms with E-state index in [0.717, 1.165) is 48.8 Å². The van der Waals surface area contributed by atoms with E-state index in [2.05, 4.69) is 20.5 Å². The first-order valence-electron chi connectivity index (χ1n) is 11.6. The summed E-state index contributed by atoms with van der Waals surface area (Å²) >= 11 is 0. The minimum atomic E-state index is -0.939. The van der Waals surface area contributed by atoms with Crippen molar-refractivity contribution in [2.24, 2.45) is 0 Å². The number of nitrogen functional groups attached to an aromatic ring is 1. The van der Waals surface area contributed by atoms with E-state index in [1.54, 1.807) is 18.5 Å². The quantitative estimate of drug-likeness (QED) is 0.304. The topological polar surface area (TPSA) is 92.8 Å². The summed E-state index contributed by atoms with van der Waals surface area (Å²) in [7, 11) is 0. The highest BCUT2D eigenvalue weighted by molar-refractivity contribution is 6.03. The summed E-state index contributed by atoms with van der Waals surface area (Å²) in [5.41, 5.74) is 10.7. The molecule has 0 saturated carbocycles. The number of aromatic nitrogens is 3. The summed E-state index contributed by atoms with van der Waals surface area (Å²) in [5.74, 6) is -0.931. The van der Waals surface area contributed by atoms with Crippen molar-refractivity contribution in [2.45, 2.75) is 18.8 Å². The highest BCUT2D eigenvalue weighted by Gasteiger charge is 2.25. The molecule has 0 atom stereocenters. The number of H-pyrrole nitrogens is 1. The molecule has 6 nitrogen and oxygen atoms in total. The Labute approximate surface area is 200 Å². The van der Waals surface area contributed by atoms with Crippen LogP contribution in [0.25, 0.3) is 44.5 Å². The van der Waals surface area contributed by atoms with Crippen LogP contribution in [-0.4, -0.2) is 28.3 Å². The van der Waals surface area contributed by atoms with Gasteiger partial charge in [0.2, 0.25) is 0 Å². The van der Waals surface area contributed by atoms with Gasteiger partial charge in [0.25, 0.3) is 0 Å². The first-order valence-corrected chi connectivity index (χ1v) is 11.6. The lowest BCUT2D eigenvalue weighted by atomic mass is 9.90. The Bertz CT molecular complexity index is 1530. The fraction of sp³-hybridized carbons (Fsp3) is 0.185. The van der Waals surface area contributed by atoms with Crippen LogP contribution in [0.1, 0.15) is 24.5 Å². The Balaban J connectivity index is 1.54. The molecule has 4 heterocycles. The molecule has 0 amide bonds. The van der Waals surface area contributed by atoms with Gasteiger partial charge in [-0.15, -0.1) is 0 Å². The maximum Gasteiger partial charge on any atom is 0.166 e. The highest BCUT2D eigenvalue weighted by Crippen LogP contribution is 2.44. The number of halogens is 2. The van der Waals surface area contributed by atoms with Gasteiger partial charge in [0.15, 0.2) is 11.6 Å². The summed E-state index contributed by atoms with van der Waals surface area (Å²) in [6.07, 6.45) is 5.52. The van der Waals surface area contributed by atoms with Crippen LogP contribution in [0.2, 0.25) is 0 Å². The first-order chi connectivity index (χ1) is 17.1. The van der Waals surface area contributed by atoms with Gasteiger partial charge in [-0.3, -0.25) is 5.10 Å². The molecule has 1 aliphatic heterocycles. The standard InChI is InChI=1S/C27H23F2N5O/c28-21-6-3-5-18(24(21)29)23-17-4-1-2-7-22(17)35-26(23)19-12-16(13-32-27(19)30)20-14-33-34-25(20)15-8-10-31-11-9-15/h1-7,12-15,31H,8-11H2,(H2,30,32)(H,33,34). The minimum absolute atomic E-state index is 0.105. The molecule has 1 fully saturated rings. The van der Waals surface area contributed by atoms with Crippen molar-refractivity contribution in [1.29, 1.82) is 0 Å². The number of hydrogen-bond acceptors (Lipinski definition) is 5. The lowest BCUT2D eigenvalue weighted by molar-refractivity contribution is 0.453. The molecule has 8 heteroatoms. The summed E-state index contributed by atoms with van der Waals surface area (Å²) in [5, 5.41) is 11.5. The Kier molecular flexibility index (Phi) is 5.30. The number of furan rings is 1. The summed E-state index contributed by atoms with van der Waals surface area (Å²) in [6.45, 7) is 1.91. The normalized spacial score (nSPS) is 14.6. The van der Waals surface area contributed by atoms with Crippen LogP contribution in [0.15, 0.2) is 65.3 Å². The van der Waals surface area contributed by atoms with Crippen LogP contribution in [0.4, 0.5) is 14.6 Å². The van der Waals surface area contributed by atoms with Crippen molar-refractivity contribution in [3.63, 3.8) is 0 Å². The van der Waals surface area contributed by atoms with E-state index < -0.39 is 11.6 Å². The fourth-order valence-corrected chi connectivity index (χ4v) is 4.95. The number of benzene rings is 2. The Morgan fingerprint density at radius 1 is 0.943 bits per heavy atom. The third-order valence-corrected chi connectivity index (χ3v) is 6.71. The second-order valence-corrected chi connectivity index (χ2v) is 8.78. The number of piperidine rings is 1. The van der Waals surface area contributed by atoms with E-state index >= 15 is 0 Å². The summed E-state index contributed by atoms with van der Waals surface area (Å²) in [6, 6.07) is 13.3. The SMILES string of the molecule is Nc1ncc(-c2cn[nH]c2C2CCNCC2)cc1-c1oc2ccccc2c1-c1cccc(F)c1F. The lowest BCUT2D eigenvalue weighted by Crippen LogP contribution is -2.27. The predicted octanol–water partition coefficient (Wildman–Crippen LogP) is 5.88. The van der Waals surface area contributed by atoms with Crippen molar-refractivity contribution in [1.82, 2.24) is 20.5 Å². The number of nitrogens with zero attached hydrogens (tertiary/aromatic N) is 2. The van der Waals surface area contributed by atoms with Gasteiger partial charge in [-0.25, -0.2) is 13.8 Å². The van der Waals surface area contributed by atoms with E-state index in [1.165, 1.54) is 12.1 Å². The molecular formula is C27H23F2N5O. The van der Waals surface area contributed by atoms with Gasteiger partial charge in [-0.2, -0.15) is 5.10 Å². The van der Waals surface area contributed by atoms with Crippen molar-refractivity contribution in [3.05, 3.63) is 78.3 Å². The van der Waals surface area contributed by atoms with Gasteiger partial charge in [-0.05, 0) is 44.1 Å². The molecule has 0 spiro atoms. The van der Waals surface area contributed by atoms with Crippen LogP contribution >= 0.6 is 0 Å². The lowest BCUT2D eigenvalue weighted by Gasteiger charge is -2.22. The zero-order chi connectivity index (χ0) is 23.9. The minimum Gasteiger partial charge on any atom is -0.455 e. The Hall–Kier alpha value is -4.04. The number of pyridine rings is 1. The molecule has 1 saturated heterocycles. The highest BCUT2D eigenvalue weighted by atomic mass is 19.2. The molecule has 2 aromatic carbocycles. The maximum atomic E-state index is 15.0. The van der Waals surface area contributed by atoms with Gasteiger partial charge in [0.05, 0.1) is 11.8 Å². The van der Waals surface area contributed by atoms with E-state index in [4.69, 9.17) is 10.2 Å². The fourth-order valence-electron chi connectivity index (χ4n) is 4.95. The smallest absolute Gasteiger partial charge is 0.166 e. The van der Waals surface area contributed by atoms with Gasteiger partial charge < -0.3 is 15.5 Å². The zero-order valence-electron chi connectivity index (χ0n) is 18.8. The molecule has 0 unspecified atom stereocenters. The molecule has 4 N–H and O–H groups in total. The Morgan fingerprint density at radius 2 is 1.77 bits per heavy atom. The number of nitrogens with two attached hydrogens (primary N) is 1. The molecule has 0 bridgehead atoms. The van der Waals surface area contributed by atoms with Gasteiger partial charge >= 0.3 is 0 Å². The van der Waals surface area contributed by atoms with Crippen LogP contribution in [-0.2, 0) is 0 Å². The van der Waals surface area contributed by atoms with Crippen LogP contribution in [0.3, 0.4) is 0 Å². The predicted molar refractivity (Wildman–Crippen MR) is 132 cm³/mol. The molecule has 35 heavy (non-hydrogen) atoms. The molecule has 3 aromatic heterocycles. The summed E-state index contributed by atoms with van der Waals surface area (Å²) < 4.78 is 35.4. The number of hydrogen-bond donors (Lipinski definition) is 3. The molecule has 0 radical (unpaired) electrons. The van der Waals surface area contributed by atoms with E-state index in [1.807, 2.05) is 24.3 Å². The van der Waals surface area contributed by atoms with Crippen LogP contribution in [0.5, 0.6) is 0 Å². The average Bonchev–Trinajstić information content (AvgIpc) is 3.52. The van der Waals surface area contributed by atoms with Gasteiger partial charge in [0.1, 0.15) is 17.2 Å². The van der Waals surface area contributed by atoms with E-state index in [-0.39, 0.29) is 11.4 Å². The average molecular weight is 472 g/mol. The van der Waals surface area contributed by atoms with Crippen molar-refractivity contribution >= 4 is 16.8 Å². The Morgan fingerprint density at radius 3 is 2.63 bits per heavy atom. The first kappa shape index (κ1) is 21.5. The van der Waals surface area contributed by atoms with Crippen molar-refractivity contribution < 1.29 is 13.2 Å². The van der Waals surface area contributed by atoms with Crippen LogP contribution < -0.4 is 11.1 Å². The summed E-state index contributed by atoms with van der Waals surface area (Å²) in [4.78, 5) is 4.44. The number of anilines is 1. The second kappa shape index (κ2) is 8.63. The van der Waals surface area contributed by atoms with Gasteiger partial charge in [-0.1, -0.05) is 30.3 Å². The maximum absolute atomic E-state index is 15.0. The van der Waals surface area contributed by atoms with Crippen molar-refractivity contribution in [3.8, 4) is 33.6 Å². The number of rotatable bonds is 4. The van der Waals surface area contributed by atoms with E-state index in [9.17, 15) is 8.78 Å².